The summed E-state index contributed by atoms with van der Waals surface area (Å²) in [5.41, 5.74) is 1.80. The summed E-state index contributed by atoms with van der Waals surface area (Å²) in [5.74, 6) is -0.439. The van der Waals surface area contributed by atoms with Gasteiger partial charge in [-0.15, -0.1) is 0 Å². The Hall–Kier alpha value is -2.15. The molecule has 2 amide bonds. The minimum Gasteiger partial charge on any atom is -0.340 e. The SMILES string of the molecule is CN1CCC(N2CCC(NC(=O)c3cc4c([nH]c3=O)CCCCC4)C2=O)CC1. The molecule has 152 valence electrons. The second-order valence-electron chi connectivity index (χ2n) is 8.46. The van der Waals surface area contributed by atoms with Gasteiger partial charge in [0.25, 0.3) is 11.5 Å². The van der Waals surface area contributed by atoms with Gasteiger partial charge in [-0.2, -0.15) is 0 Å². The number of aromatic amines is 1. The molecule has 7 heteroatoms. The highest BCUT2D eigenvalue weighted by Gasteiger charge is 2.37. The molecular weight excluding hydrogens is 356 g/mol. The average Bonchev–Trinajstić information content (AvgIpc) is 2.89. The van der Waals surface area contributed by atoms with E-state index in [1.807, 2.05) is 4.90 Å². The number of aryl methyl sites for hydroxylation is 2. The molecule has 1 aliphatic carbocycles. The largest absolute Gasteiger partial charge is 0.340 e. The lowest BCUT2D eigenvalue weighted by molar-refractivity contribution is -0.132. The Morgan fingerprint density at radius 1 is 1.07 bits per heavy atom. The Morgan fingerprint density at radius 3 is 2.61 bits per heavy atom. The highest BCUT2D eigenvalue weighted by atomic mass is 16.2. The molecule has 0 saturated carbocycles. The van der Waals surface area contributed by atoms with Crippen LogP contribution in [0.5, 0.6) is 0 Å². The quantitative estimate of drug-likeness (QED) is 0.761. The number of carbonyl (C=O) groups is 2. The van der Waals surface area contributed by atoms with E-state index >= 15 is 0 Å². The highest BCUT2D eigenvalue weighted by molar-refractivity contribution is 5.98. The van der Waals surface area contributed by atoms with E-state index in [1.54, 1.807) is 6.07 Å². The van der Waals surface area contributed by atoms with Gasteiger partial charge in [0.15, 0.2) is 0 Å². The maximum atomic E-state index is 12.8. The lowest BCUT2D eigenvalue weighted by Gasteiger charge is -2.35. The molecule has 1 atom stereocenters. The number of hydrogen-bond donors (Lipinski definition) is 2. The topological polar surface area (TPSA) is 85.5 Å². The van der Waals surface area contributed by atoms with Crippen molar-refractivity contribution in [2.45, 2.75) is 63.5 Å². The van der Waals surface area contributed by atoms with Gasteiger partial charge in [-0.25, -0.2) is 0 Å². The Bertz CT molecular complexity index is 810. The maximum absolute atomic E-state index is 12.8. The zero-order valence-corrected chi connectivity index (χ0v) is 16.6. The van der Waals surface area contributed by atoms with Crippen LogP contribution >= 0.6 is 0 Å². The summed E-state index contributed by atoms with van der Waals surface area (Å²) in [6.45, 7) is 2.67. The van der Waals surface area contributed by atoms with Crippen LogP contribution in [0.3, 0.4) is 0 Å². The number of H-pyrrole nitrogens is 1. The molecule has 4 rings (SSSR count). The molecular formula is C21H30N4O3. The van der Waals surface area contributed by atoms with Crippen molar-refractivity contribution in [2.24, 2.45) is 0 Å². The predicted molar refractivity (Wildman–Crippen MR) is 106 cm³/mol. The normalized spacial score (nSPS) is 24.1. The van der Waals surface area contributed by atoms with Crippen molar-refractivity contribution >= 4 is 11.8 Å². The molecule has 2 N–H and O–H groups in total. The first-order valence-corrected chi connectivity index (χ1v) is 10.6. The minimum absolute atomic E-state index is 0.00547. The van der Waals surface area contributed by atoms with Crippen LogP contribution in [0.15, 0.2) is 10.9 Å². The van der Waals surface area contributed by atoms with Crippen LogP contribution < -0.4 is 10.9 Å². The third-order valence-electron chi connectivity index (χ3n) is 6.51. The number of likely N-dealkylation sites (tertiary alicyclic amines) is 2. The van der Waals surface area contributed by atoms with Crippen LogP contribution in [0, 0.1) is 0 Å². The monoisotopic (exact) mass is 386 g/mol. The van der Waals surface area contributed by atoms with Crippen LogP contribution in [0.1, 0.15) is 60.1 Å². The molecule has 2 saturated heterocycles. The predicted octanol–water partition coefficient (Wildman–Crippen LogP) is 1.07. The fraction of sp³-hybridized carbons (Fsp3) is 0.667. The smallest absolute Gasteiger partial charge is 0.261 e. The Balaban J connectivity index is 1.43. The Kier molecular flexibility index (Phi) is 5.53. The average molecular weight is 386 g/mol. The first-order chi connectivity index (χ1) is 13.5. The number of pyridine rings is 1. The number of rotatable bonds is 3. The van der Waals surface area contributed by atoms with Crippen LogP contribution in [0.25, 0.3) is 0 Å². The number of nitrogens with zero attached hydrogens (tertiary/aromatic N) is 2. The zero-order chi connectivity index (χ0) is 19.7. The molecule has 1 aromatic heterocycles. The number of carbonyl (C=O) groups excluding carboxylic acids is 2. The maximum Gasteiger partial charge on any atom is 0.261 e. The van der Waals surface area contributed by atoms with Gasteiger partial charge in [0.2, 0.25) is 5.91 Å². The number of piperidine rings is 1. The van der Waals surface area contributed by atoms with Gasteiger partial charge in [0.1, 0.15) is 11.6 Å². The van der Waals surface area contributed by atoms with Gasteiger partial charge in [-0.1, -0.05) is 6.42 Å². The number of nitrogens with one attached hydrogen (secondary N) is 2. The van der Waals surface area contributed by atoms with E-state index in [0.29, 0.717) is 13.0 Å². The highest BCUT2D eigenvalue weighted by Crippen LogP contribution is 2.22. The second kappa shape index (κ2) is 8.07. The molecule has 0 spiro atoms. The zero-order valence-electron chi connectivity index (χ0n) is 16.6. The van der Waals surface area contributed by atoms with E-state index in [2.05, 4.69) is 22.2 Å². The number of hydrogen-bond acceptors (Lipinski definition) is 4. The van der Waals surface area contributed by atoms with Crippen LogP contribution in [0.4, 0.5) is 0 Å². The molecule has 7 nitrogen and oxygen atoms in total. The molecule has 2 aliphatic heterocycles. The number of amides is 2. The summed E-state index contributed by atoms with van der Waals surface area (Å²) < 4.78 is 0. The molecule has 3 heterocycles. The Labute approximate surface area is 165 Å². The van der Waals surface area contributed by atoms with Crippen molar-refractivity contribution in [3.8, 4) is 0 Å². The lowest BCUT2D eigenvalue weighted by Crippen LogP contribution is -2.48. The lowest BCUT2D eigenvalue weighted by atomic mass is 10.0. The summed E-state index contributed by atoms with van der Waals surface area (Å²) in [7, 11) is 2.10. The van der Waals surface area contributed by atoms with Crippen molar-refractivity contribution < 1.29 is 9.59 Å². The molecule has 3 aliphatic rings. The molecule has 2 fully saturated rings. The van der Waals surface area contributed by atoms with Gasteiger partial charge in [-0.3, -0.25) is 14.4 Å². The van der Waals surface area contributed by atoms with E-state index in [-0.39, 0.29) is 23.1 Å². The summed E-state index contributed by atoms with van der Waals surface area (Å²) in [4.78, 5) is 45.1. The van der Waals surface area contributed by atoms with E-state index in [0.717, 1.165) is 69.3 Å². The van der Waals surface area contributed by atoms with Gasteiger partial charge in [0, 0.05) is 18.3 Å². The van der Waals surface area contributed by atoms with Crippen molar-refractivity contribution in [1.29, 1.82) is 0 Å². The van der Waals surface area contributed by atoms with Crippen molar-refractivity contribution in [1.82, 2.24) is 20.1 Å². The molecule has 1 aromatic rings. The first-order valence-electron chi connectivity index (χ1n) is 10.6. The van der Waals surface area contributed by atoms with Crippen LogP contribution in [-0.2, 0) is 17.6 Å². The van der Waals surface area contributed by atoms with Crippen molar-refractivity contribution in [3.63, 3.8) is 0 Å². The Morgan fingerprint density at radius 2 is 1.82 bits per heavy atom. The molecule has 0 bridgehead atoms. The minimum atomic E-state index is -0.523. The molecule has 28 heavy (non-hydrogen) atoms. The fourth-order valence-electron chi connectivity index (χ4n) is 4.76. The van der Waals surface area contributed by atoms with E-state index in [9.17, 15) is 14.4 Å². The van der Waals surface area contributed by atoms with E-state index < -0.39 is 11.9 Å². The van der Waals surface area contributed by atoms with Crippen LogP contribution in [-0.4, -0.2) is 65.4 Å². The van der Waals surface area contributed by atoms with Crippen molar-refractivity contribution in [2.75, 3.05) is 26.7 Å². The van der Waals surface area contributed by atoms with Gasteiger partial charge in [0.05, 0.1) is 0 Å². The molecule has 0 aromatic carbocycles. The fourth-order valence-corrected chi connectivity index (χ4v) is 4.76. The van der Waals surface area contributed by atoms with Gasteiger partial charge >= 0.3 is 0 Å². The first kappa shape index (κ1) is 19.2. The third-order valence-corrected chi connectivity index (χ3v) is 6.51. The standard InChI is InChI=1S/C21H30N4O3/c1-24-10-7-15(8-11-24)25-12-9-18(21(25)28)23-20(27)16-13-14-5-3-2-4-6-17(14)22-19(16)26/h13,15,18H,2-12H2,1H3,(H,22,26)(H,23,27). The molecule has 0 radical (unpaired) electrons. The summed E-state index contributed by atoms with van der Waals surface area (Å²) >= 11 is 0. The molecule has 1 unspecified atom stereocenters. The second-order valence-corrected chi connectivity index (χ2v) is 8.46. The summed E-state index contributed by atoms with van der Waals surface area (Å²) in [6, 6.07) is 1.48. The van der Waals surface area contributed by atoms with E-state index in [4.69, 9.17) is 0 Å². The summed E-state index contributed by atoms with van der Waals surface area (Å²) in [5, 5.41) is 2.83. The van der Waals surface area contributed by atoms with Crippen molar-refractivity contribution in [3.05, 3.63) is 33.2 Å². The van der Waals surface area contributed by atoms with Crippen LogP contribution in [0.2, 0.25) is 0 Å². The number of aromatic nitrogens is 1. The van der Waals surface area contributed by atoms with E-state index in [1.165, 1.54) is 0 Å². The van der Waals surface area contributed by atoms with Gasteiger partial charge < -0.3 is 20.1 Å². The number of fused-ring (bicyclic) bond motifs is 1. The summed E-state index contributed by atoms with van der Waals surface area (Å²) in [6.07, 6.45) is 7.60. The third kappa shape index (κ3) is 3.85. The van der Waals surface area contributed by atoms with Gasteiger partial charge in [-0.05, 0) is 76.7 Å².